The van der Waals surface area contributed by atoms with Crippen molar-refractivity contribution in [2.24, 2.45) is 5.92 Å². The molecule has 0 aromatic heterocycles. The molecule has 2 rings (SSSR count). The van der Waals surface area contributed by atoms with Crippen LogP contribution in [-0.2, 0) is 0 Å². The van der Waals surface area contributed by atoms with Crippen molar-refractivity contribution in [2.45, 2.75) is 38.7 Å². The predicted molar refractivity (Wildman–Crippen MR) is 69.8 cm³/mol. The highest BCUT2D eigenvalue weighted by atomic mass is 16.5. The smallest absolute Gasteiger partial charge is 0.162 e. The van der Waals surface area contributed by atoms with Crippen LogP contribution in [0.25, 0.3) is 0 Å². The summed E-state index contributed by atoms with van der Waals surface area (Å²) in [5.41, 5.74) is 0.594. The lowest BCUT2D eigenvalue weighted by molar-refractivity contribution is 0.125. The zero-order chi connectivity index (χ0) is 13.0. The zero-order valence-corrected chi connectivity index (χ0v) is 11.0. The number of hydrogen-bond donors (Lipinski definition) is 0. The Morgan fingerprint density at radius 3 is 2.78 bits per heavy atom. The SMILES string of the molecule is COc1cc(C#N)ccc1OC1CCCC(C)C1. The fourth-order valence-corrected chi connectivity index (χ4v) is 2.50. The highest BCUT2D eigenvalue weighted by molar-refractivity contribution is 5.46. The number of ether oxygens (including phenoxy) is 2. The molecule has 2 atom stereocenters. The first-order chi connectivity index (χ1) is 8.72. The van der Waals surface area contributed by atoms with Crippen molar-refractivity contribution in [2.75, 3.05) is 7.11 Å². The first-order valence-electron chi connectivity index (χ1n) is 6.47. The standard InChI is InChI=1S/C15H19NO2/c1-11-4-3-5-13(8-11)18-14-7-6-12(10-16)9-15(14)17-2/h6-7,9,11,13H,3-5,8H2,1-2H3. The van der Waals surface area contributed by atoms with Crippen molar-refractivity contribution in [3.8, 4) is 17.6 Å². The molecule has 3 nitrogen and oxygen atoms in total. The van der Waals surface area contributed by atoms with Crippen molar-refractivity contribution in [1.29, 1.82) is 5.26 Å². The molecule has 96 valence electrons. The van der Waals surface area contributed by atoms with Gasteiger partial charge in [0.1, 0.15) is 0 Å². The predicted octanol–water partition coefficient (Wildman–Crippen LogP) is 3.52. The normalized spacial score (nSPS) is 23.2. The fraction of sp³-hybridized carbons (Fsp3) is 0.533. The van der Waals surface area contributed by atoms with E-state index in [0.717, 1.165) is 24.5 Å². The van der Waals surface area contributed by atoms with Crippen LogP contribution >= 0.6 is 0 Å². The summed E-state index contributed by atoms with van der Waals surface area (Å²) in [6.07, 6.45) is 5.00. The van der Waals surface area contributed by atoms with Gasteiger partial charge < -0.3 is 9.47 Å². The number of nitriles is 1. The van der Waals surface area contributed by atoms with Crippen molar-refractivity contribution in [3.05, 3.63) is 23.8 Å². The second-order valence-corrected chi connectivity index (χ2v) is 4.99. The Hall–Kier alpha value is -1.69. The number of nitrogens with zero attached hydrogens (tertiary/aromatic N) is 1. The molecule has 1 fully saturated rings. The maximum Gasteiger partial charge on any atom is 0.162 e. The van der Waals surface area contributed by atoms with E-state index in [2.05, 4.69) is 13.0 Å². The molecule has 1 aliphatic rings. The number of hydrogen-bond acceptors (Lipinski definition) is 3. The lowest BCUT2D eigenvalue weighted by atomic mass is 9.89. The van der Waals surface area contributed by atoms with Crippen molar-refractivity contribution >= 4 is 0 Å². The van der Waals surface area contributed by atoms with Crippen molar-refractivity contribution in [3.63, 3.8) is 0 Å². The van der Waals surface area contributed by atoms with Crippen LogP contribution in [0.2, 0.25) is 0 Å². The number of benzene rings is 1. The van der Waals surface area contributed by atoms with Gasteiger partial charge in [0.05, 0.1) is 24.8 Å². The molecule has 0 bridgehead atoms. The van der Waals surface area contributed by atoms with Crippen LogP contribution in [0.1, 0.15) is 38.2 Å². The van der Waals surface area contributed by atoms with Gasteiger partial charge in [-0.1, -0.05) is 13.3 Å². The molecular formula is C15H19NO2. The van der Waals surface area contributed by atoms with Gasteiger partial charge >= 0.3 is 0 Å². The minimum atomic E-state index is 0.274. The summed E-state index contributed by atoms with van der Waals surface area (Å²) in [4.78, 5) is 0. The first kappa shape index (κ1) is 12.8. The molecular weight excluding hydrogens is 226 g/mol. The molecule has 1 aromatic carbocycles. The van der Waals surface area contributed by atoms with E-state index >= 15 is 0 Å². The Bertz CT molecular complexity index is 450. The van der Waals surface area contributed by atoms with Gasteiger partial charge in [-0.3, -0.25) is 0 Å². The van der Waals surface area contributed by atoms with E-state index < -0.39 is 0 Å². The summed E-state index contributed by atoms with van der Waals surface area (Å²) in [6, 6.07) is 7.43. The Morgan fingerprint density at radius 1 is 1.28 bits per heavy atom. The third kappa shape index (κ3) is 2.95. The molecule has 0 amide bonds. The van der Waals surface area contributed by atoms with Gasteiger partial charge in [-0.2, -0.15) is 5.26 Å². The average molecular weight is 245 g/mol. The van der Waals surface area contributed by atoms with E-state index in [1.54, 1.807) is 19.2 Å². The van der Waals surface area contributed by atoms with Crippen LogP contribution in [0.5, 0.6) is 11.5 Å². The summed E-state index contributed by atoms with van der Waals surface area (Å²) in [7, 11) is 1.60. The quantitative estimate of drug-likeness (QED) is 0.818. The highest BCUT2D eigenvalue weighted by Crippen LogP contribution is 2.33. The molecule has 0 aliphatic heterocycles. The molecule has 18 heavy (non-hydrogen) atoms. The summed E-state index contributed by atoms with van der Waals surface area (Å²) in [5.74, 6) is 2.12. The van der Waals surface area contributed by atoms with Crippen molar-refractivity contribution in [1.82, 2.24) is 0 Å². The summed E-state index contributed by atoms with van der Waals surface area (Å²) in [6.45, 7) is 2.27. The molecule has 2 unspecified atom stereocenters. The second-order valence-electron chi connectivity index (χ2n) is 4.99. The lowest BCUT2D eigenvalue weighted by Gasteiger charge is -2.27. The van der Waals surface area contributed by atoms with Crippen LogP contribution in [0, 0.1) is 17.2 Å². The molecule has 3 heteroatoms. The molecule has 1 aromatic rings. The van der Waals surface area contributed by atoms with Gasteiger partial charge in [-0.25, -0.2) is 0 Å². The Morgan fingerprint density at radius 2 is 2.11 bits per heavy atom. The van der Waals surface area contributed by atoms with E-state index in [9.17, 15) is 0 Å². The monoisotopic (exact) mass is 245 g/mol. The number of rotatable bonds is 3. The molecule has 0 spiro atoms. The van der Waals surface area contributed by atoms with Crippen LogP contribution < -0.4 is 9.47 Å². The van der Waals surface area contributed by atoms with Crippen molar-refractivity contribution < 1.29 is 9.47 Å². The molecule has 0 saturated heterocycles. The van der Waals surface area contributed by atoms with Gasteiger partial charge in [0, 0.05) is 6.07 Å². The summed E-state index contributed by atoms with van der Waals surface area (Å²) < 4.78 is 11.3. The minimum Gasteiger partial charge on any atom is -0.493 e. The fourth-order valence-electron chi connectivity index (χ4n) is 2.50. The molecule has 1 aliphatic carbocycles. The number of methoxy groups -OCH3 is 1. The molecule has 0 radical (unpaired) electrons. The maximum absolute atomic E-state index is 8.86. The van der Waals surface area contributed by atoms with Crippen LogP contribution in [0.15, 0.2) is 18.2 Å². The third-order valence-electron chi connectivity index (χ3n) is 3.47. The molecule has 1 saturated carbocycles. The Balaban J connectivity index is 2.11. The Kier molecular flexibility index (Phi) is 4.09. The summed E-state index contributed by atoms with van der Waals surface area (Å²) >= 11 is 0. The van der Waals surface area contributed by atoms with E-state index in [1.807, 2.05) is 6.07 Å². The van der Waals surface area contributed by atoms with Gasteiger partial charge in [0.2, 0.25) is 0 Å². The van der Waals surface area contributed by atoms with Crippen LogP contribution in [-0.4, -0.2) is 13.2 Å². The van der Waals surface area contributed by atoms with Gasteiger partial charge in [0.15, 0.2) is 11.5 Å². The average Bonchev–Trinajstić information content (AvgIpc) is 2.39. The molecule has 0 heterocycles. The van der Waals surface area contributed by atoms with Gasteiger partial charge in [0.25, 0.3) is 0 Å². The van der Waals surface area contributed by atoms with E-state index in [0.29, 0.717) is 11.3 Å². The van der Waals surface area contributed by atoms with E-state index in [1.165, 1.54) is 12.8 Å². The van der Waals surface area contributed by atoms with Gasteiger partial charge in [-0.05, 0) is 37.3 Å². The van der Waals surface area contributed by atoms with Gasteiger partial charge in [-0.15, -0.1) is 0 Å². The maximum atomic E-state index is 8.86. The largest absolute Gasteiger partial charge is 0.493 e. The third-order valence-corrected chi connectivity index (χ3v) is 3.47. The van der Waals surface area contributed by atoms with Crippen LogP contribution in [0.3, 0.4) is 0 Å². The highest BCUT2D eigenvalue weighted by Gasteiger charge is 2.21. The topological polar surface area (TPSA) is 42.2 Å². The van der Waals surface area contributed by atoms with E-state index in [-0.39, 0.29) is 6.10 Å². The van der Waals surface area contributed by atoms with Crippen LogP contribution in [0.4, 0.5) is 0 Å². The Labute approximate surface area is 108 Å². The summed E-state index contributed by atoms with van der Waals surface area (Å²) in [5, 5.41) is 8.86. The zero-order valence-electron chi connectivity index (χ0n) is 11.0. The minimum absolute atomic E-state index is 0.274. The van der Waals surface area contributed by atoms with E-state index in [4.69, 9.17) is 14.7 Å². The first-order valence-corrected chi connectivity index (χ1v) is 6.47. The second kappa shape index (κ2) is 5.77. The lowest BCUT2D eigenvalue weighted by Crippen LogP contribution is -2.24. The molecule has 0 N–H and O–H groups in total.